The second-order valence-corrected chi connectivity index (χ2v) is 6.03. The van der Waals surface area contributed by atoms with Gasteiger partial charge in [-0.15, -0.1) is 0 Å². The van der Waals surface area contributed by atoms with Gasteiger partial charge in [-0.25, -0.2) is 4.79 Å². The fourth-order valence-corrected chi connectivity index (χ4v) is 3.01. The van der Waals surface area contributed by atoms with E-state index >= 15 is 0 Å². The SMILES string of the molecule is CCOC(=O)c1cnc2c(Br)cccc2c1N(C)C1COC1. The summed E-state index contributed by atoms with van der Waals surface area (Å²) in [5.74, 6) is -0.348. The summed E-state index contributed by atoms with van der Waals surface area (Å²) in [6.45, 7) is 3.46. The molecule has 0 aliphatic carbocycles. The van der Waals surface area contributed by atoms with E-state index in [2.05, 4.69) is 25.8 Å². The quantitative estimate of drug-likeness (QED) is 0.780. The Labute approximate surface area is 137 Å². The molecule has 5 nitrogen and oxygen atoms in total. The Balaban J connectivity index is 2.19. The summed E-state index contributed by atoms with van der Waals surface area (Å²) in [4.78, 5) is 18.8. The molecule has 0 N–H and O–H groups in total. The van der Waals surface area contributed by atoms with Crippen molar-refractivity contribution in [2.75, 3.05) is 31.8 Å². The zero-order valence-corrected chi connectivity index (χ0v) is 14.1. The number of anilines is 1. The van der Waals surface area contributed by atoms with Crippen molar-refractivity contribution in [3.8, 4) is 0 Å². The largest absolute Gasteiger partial charge is 0.462 e. The number of aromatic nitrogens is 1. The van der Waals surface area contributed by atoms with Gasteiger partial charge in [0.05, 0.1) is 37.1 Å². The first kappa shape index (κ1) is 15.2. The molecule has 2 aromatic rings. The van der Waals surface area contributed by atoms with E-state index in [0.29, 0.717) is 25.4 Å². The number of hydrogen-bond acceptors (Lipinski definition) is 5. The first-order valence-corrected chi connectivity index (χ1v) is 7.97. The van der Waals surface area contributed by atoms with Crippen molar-refractivity contribution in [1.82, 2.24) is 4.98 Å². The van der Waals surface area contributed by atoms with Crippen molar-refractivity contribution in [2.45, 2.75) is 13.0 Å². The number of likely N-dealkylation sites (N-methyl/N-ethyl adjacent to an activating group) is 1. The summed E-state index contributed by atoms with van der Waals surface area (Å²) in [7, 11) is 1.98. The van der Waals surface area contributed by atoms with Crippen molar-refractivity contribution < 1.29 is 14.3 Å². The Bertz CT molecular complexity index is 716. The first-order valence-electron chi connectivity index (χ1n) is 7.18. The molecular weight excluding hydrogens is 348 g/mol. The summed E-state index contributed by atoms with van der Waals surface area (Å²) >= 11 is 3.52. The summed E-state index contributed by atoms with van der Waals surface area (Å²) in [5, 5.41) is 0.925. The van der Waals surface area contributed by atoms with Crippen LogP contribution in [0.5, 0.6) is 0 Å². The molecule has 1 aromatic heterocycles. The van der Waals surface area contributed by atoms with Crippen LogP contribution in [0.1, 0.15) is 17.3 Å². The van der Waals surface area contributed by atoms with E-state index in [4.69, 9.17) is 9.47 Å². The lowest BCUT2D eigenvalue weighted by atomic mass is 10.1. The van der Waals surface area contributed by atoms with E-state index in [-0.39, 0.29) is 12.0 Å². The highest BCUT2D eigenvalue weighted by atomic mass is 79.9. The van der Waals surface area contributed by atoms with Crippen LogP contribution in [-0.2, 0) is 9.47 Å². The van der Waals surface area contributed by atoms with Gasteiger partial charge in [0, 0.05) is 23.1 Å². The number of fused-ring (bicyclic) bond motifs is 1. The number of halogens is 1. The first-order chi connectivity index (χ1) is 10.6. The Morgan fingerprint density at radius 1 is 1.50 bits per heavy atom. The summed E-state index contributed by atoms with van der Waals surface area (Å²) < 4.78 is 11.4. The Morgan fingerprint density at radius 3 is 2.91 bits per heavy atom. The summed E-state index contributed by atoms with van der Waals surface area (Å²) in [5.41, 5.74) is 2.16. The highest BCUT2D eigenvalue weighted by Crippen LogP contribution is 2.34. The Kier molecular flexibility index (Phi) is 4.31. The zero-order valence-electron chi connectivity index (χ0n) is 12.5. The smallest absolute Gasteiger partial charge is 0.341 e. The van der Waals surface area contributed by atoms with Crippen LogP contribution in [0.4, 0.5) is 5.69 Å². The maximum atomic E-state index is 12.3. The average molecular weight is 365 g/mol. The number of rotatable bonds is 4. The van der Waals surface area contributed by atoms with Crippen LogP contribution < -0.4 is 4.90 Å². The fourth-order valence-electron chi connectivity index (χ4n) is 2.54. The lowest BCUT2D eigenvalue weighted by Gasteiger charge is -2.37. The molecule has 6 heteroatoms. The molecule has 0 bridgehead atoms. The van der Waals surface area contributed by atoms with Crippen molar-refractivity contribution in [1.29, 1.82) is 0 Å². The molecular formula is C16H17BrN2O3. The number of benzene rings is 1. The molecule has 22 heavy (non-hydrogen) atoms. The van der Waals surface area contributed by atoms with E-state index in [0.717, 1.165) is 21.1 Å². The molecule has 0 spiro atoms. The molecule has 1 aliphatic rings. The van der Waals surface area contributed by atoms with Crippen molar-refractivity contribution in [3.63, 3.8) is 0 Å². The maximum Gasteiger partial charge on any atom is 0.341 e. The molecule has 1 fully saturated rings. The van der Waals surface area contributed by atoms with E-state index < -0.39 is 0 Å². The van der Waals surface area contributed by atoms with E-state index in [1.54, 1.807) is 13.1 Å². The average Bonchev–Trinajstić information content (AvgIpc) is 2.44. The molecule has 0 atom stereocenters. The zero-order chi connectivity index (χ0) is 15.7. The van der Waals surface area contributed by atoms with Gasteiger partial charge in [0.1, 0.15) is 5.56 Å². The number of hydrogen-bond donors (Lipinski definition) is 0. The van der Waals surface area contributed by atoms with Gasteiger partial charge >= 0.3 is 5.97 Å². The van der Waals surface area contributed by atoms with E-state index in [1.165, 1.54) is 0 Å². The Morgan fingerprint density at radius 2 is 2.27 bits per heavy atom. The highest BCUT2D eigenvalue weighted by Gasteiger charge is 2.28. The minimum Gasteiger partial charge on any atom is -0.462 e. The molecule has 0 saturated carbocycles. The number of para-hydroxylation sites is 1. The van der Waals surface area contributed by atoms with Crippen LogP contribution >= 0.6 is 15.9 Å². The summed E-state index contributed by atoms with van der Waals surface area (Å²) in [6, 6.07) is 6.12. The third-order valence-electron chi connectivity index (χ3n) is 3.84. The molecule has 116 valence electrons. The van der Waals surface area contributed by atoms with Crippen LogP contribution in [0.3, 0.4) is 0 Å². The molecule has 3 rings (SSSR count). The monoisotopic (exact) mass is 364 g/mol. The van der Waals surface area contributed by atoms with Crippen LogP contribution in [-0.4, -0.2) is 43.9 Å². The van der Waals surface area contributed by atoms with Gasteiger partial charge in [-0.05, 0) is 28.9 Å². The number of carbonyl (C=O) groups is 1. The van der Waals surface area contributed by atoms with E-state index in [9.17, 15) is 4.79 Å². The van der Waals surface area contributed by atoms with Crippen molar-refractivity contribution in [2.24, 2.45) is 0 Å². The fraction of sp³-hybridized carbons (Fsp3) is 0.375. The van der Waals surface area contributed by atoms with Crippen LogP contribution in [0.25, 0.3) is 10.9 Å². The third-order valence-corrected chi connectivity index (χ3v) is 4.48. The number of esters is 1. The number of nitrogens with zero attached hydrogens (tertiary/aromatic N) is 2. The van der Waals surface area contributed by atoms with Gasteiger partial charge in [0.25, 0.3) is 0 Å². The van der Waals surface area contributed by atoms with Crippen LogP contribution in [0, 0.1) is 0 Å². The van der Waals surface area contributed by atoms with Crippen molar-refractivity contribution in [3.05, 3.63) is 34.4 Å². The van der Waals surface area contributed by atoms with Gasteiger partial charge in [-0.1, -0.05) is 12.1 Å². The van der Waals surface area contributed by atoms with Gasteiger partial charge < -0.3 is 14.4 Å². The van der Waals surface area contributed by atoms with Gasteiger partial charge in [-0.2, -0.15) is 0 Å². The molecule has 2 heterocycles. The van der Waals surface area contributed by atoms with Gasteiger partial charge in [-0.3, -0.25) is 4.98 Å². The number of ether oxygens (including phenoxy) is 2. The maximum absolute atomic E-state index is 12.3. The lowest BCUT2D eigenvalue weighted by Crippen LogP contribution is -2.47. The standard InChI is InChI=1S/C16H17BrN2O3/c1-3-22-16(20)12-7-18-14-11(5-4-6-13(14)17)15(12)19(2)10-8-21-9-10/h4-7,10H,3,8-9H2,1-2H3. The lowest BCUT2D eigenvalue weighted by molar-refractivity contribution is 0.0101. The molecule has 1 aromatic carbocycles. The predicted molar refractivity (Wildman–Crippen MR) is 88.4 cm³/mol. The molecule has 0 unspecified atom stereocenters. The van der Waals surface area contributed by atoms with E-state index in [1.807, 2.05) is 25.2 Å². The molecule has 0 radical (unpaired) electrons. The van der Waals surface area contributed by atoms with Gasteiger partial charge in [0.2, 0.25) is 0 Å². The second kappa shape index (κ2) is 6.22. The molecule has 1 aliphatic heterocycles. The molecule has 0 amide bonds. The number of carbonyl (C=O) groups excluding carboxylic acids is 1. The van der Waals surface area contributed by atoms with Crippen molar-refractivity contribution >= 4 is 38.5 Å². The topological polar surface area (TPSA) is 51.7 Å². The normalized spacial score (nSPS) is 14.7. The second-order valence-electron chi connectivity index (χ2n) is 5.18. The summed E-state index contributed by atoms with van der Waals surface area (Å²) in [6.07, 6.45) is 1.59. The van der Waals surface area contributed by atoms with Gasteiger partial charge in [0.15, 0.2) is 0 Å². The minimum atomic E-state index is -0.348. The minimum absolute atomic E-state index is 0.262. The third kappa shape index (κ3) is 2.57. The van der Waals surface area contributed by atoms with Crippen LogP contribution in [0.2, 0.25) is 0 Å². The Hall–Kier alpha value is -1.66. The highest BCUT2D eigenvalue weighted by molar-refractivity contribution is 9.10. The predicted octanol–water partition coefficient (Wildman–Crippen LogP) is 3.01. The molecule has 1 saturated heterocycles. The number of pyridine rings is 1. The van der Waals surface area contributed by atoms with Crippen LogP contribution in [0.15, 0.2) is 28.9 Å².